The molecule has 3 heteroatoms. The van der Waals surface area contributed by atoms with Gasteiger partial charge in [-0.1, -0.05) is 0 Å². The van der Waals surface area contributed by atoms with Gasteiger partial charge in [0.05, 0.1) is 0 Å². The molecular formula is C11H24N2O. The summed E-state index contributed by atoms with van der Waals surface area (Å²) in [6.07, 6.45) is 6.41. The zero-order valence-electron chi connectivity index (χ0n) is 9.35. The van der Waals surface area contributed by atoms with Crippen LogP contribution in [-0.4, -0.2) is 39.4 Å². The summed E-state index contributed by atoms with van der Waals surface area (Å²) >= 11 is 0. The fourth-order valence-electron chi connectivity index (χ4n) is 1.88. The van der Waals surface area contributed by atoms with E-state index in [1.54, 1.807) is 7.11 Å². The molecule has 1 aliphatic heterocycles. The van der Waals surface area contributed by atoms with Gasteiger partial charge in [0.25, 0.3) is 0 Å². The molecule has 84 valence electrons. The average Bonchev–Trinajstić information content (AvgIpc) is 2.25. The second-order valence-electron chi connectivity index (χ2n) is 4.05. The fourth-order valence-corrected chi connectivity index (χ4v) is 1.88. The third-order valence-electron chi connectivity index (χ3n) is 2.76. The summed E-state index contributed by atoms with van der Waals surface area (Å²) in [5, 5.41) is 7.01. The first-order chi connectivity index (χ1) is 6.93. The van der Waals surface area contributed by atoms with Crippen molar-refractivity contribution in [3.63, 3.8) is 0 Å². The Labute approximate surface area is 87.6 Å². The molecule has 0 aromatic heterocycles. The van der Waals surface area contributed by atoms with Crippen LogP contribution in [0, 0.1) is 0 Å². The van der Waals surface area contributed by atoms with Gasteiger partial charge >= 0.3 is 0 Å². The van der Waals surface area contributed by atoms with Crippen LogP contribution >= 0.6 is 0 Å². The molecule has 1 atom stereocenters. The van der Waals surface area contributed by atoms with Crippen LogP contribution in [0.3, 0.4) is 0 Å². The molecule has 0 aliphatic carbocycles. The normalized spacial score (nSPS) is 22.5. The van der Waals surface area contributed by atoms with E-state index in [0.717, 1.165) is 19.7 Å². The standard InChI is InChI=1S/C11H24N2O/c1-14-9-4-2-3-8-13-11-6-5-7-12-10-11/h11-13H,2-10H2,1H3. The van der Waals surface area contributed by atoms with Crippen molar-refractivity contribution in [2.45, 2.75) is 38.1 Å². The second kappa shape index (κ2) is 8.21. The van der Waals surface area contributed by atoms with Crippen molar-refractivity contribution in [1.29, 1.82) is 0 Å². The summed E-state index contributed by atoms with van der Waals surface area (Å²) in [4.78, 5) is 0. The predicted octanol–water partition coefficient (Wildman–Crippen LogP) is 1.14. The minimum Gasteiger partial charge on any atom is -0.385 e. The highest BCUT2D eigenvalue weighted by Crippen LogP contribution is 2.01. The van der Waals surface area contributed by atoms with Crippen molar-refractivity contribution in [3.05, 3.63) is 0 Å². The highest BCUT2D eigenvalue weighted by molar-refractivity contribution is 4.74. The molecule has 1 saturated heterocycles. The molecular weight excluding hydrogens is 176 g/mol. The first kappa shape index (κ1) is 12.0. The molecule has 1 aliphatic rings. The van der Waals surface area contributed by atoms with Crippen LogP contribution in [0.2, 0.25) is 0 Å². The Morgan fingerprint density at radius 1 is 1.36 bits per heavy atom. The van der Waals surface area contributed by atoms with Gasteiger partial charge in [-0.05, 0) is 45.2 Å². The molecule has 1 fully saturated rings. The molecule has 0 radical (unpaired) electrons. The number of hydrogen-bond acceptors (Lipinski definition) is 3. The number of methoxy groups -OCH3 is 1. The Bertz CT molecular complexity index is 124. The number of unbranched alkanes of at least 4 members (excludes halogenated alkanes) is 2. The lowest BCUT2D eigenvalue weighted by Crippen LogP contribution is -2.43. The van der Waals surface area contributed by atoms with Crippen LogP contribution in [0.5, 0.6) is 0 Å². The highest BCUT2D eigenvalue weighted by atomic mass is 16.5. The van der Waals surface area contributed by atoms with Gasteiger partial charge in [-0.2, -0.15) is 0 Å². The third kappa shape index (κ3) is 5.58. The van der Waals surface area contributed by atoms with E-state index in [1.165, 1.54) is 38.6 Å². The summed E-state index contributed by atoms with van der Waals surface area (Å²) in [6.45, 7) is 4.42. The Kier molecular flexibility index (Phi) is 7.01. The molecule has 0 saturated carbocycles. The highest BCUT2D eigenvalue weighted by Gasteiger charge is 2.10. The smallest absolute Gasteiger partial charge is 0.0462 e. The summed E-state index contributed by atoms with van der Waals surface area (Å²) in [7, 11) is 1.77. The second-order valence-corrected chi connectivity index (χ2v) is 4.05. The van der Waals surface area contributed by atoms with Crippen LogP contribution in [0.25, 0.3) is 0 Å². The summed E-state index contributed by atoms with van der Waals surface area (Å²) in [6, 6.07) is 0.714. The first-order valence-corrected chi connectivity index (χ1v) is 5.86. The van der Waals surface area contributed by atoms with Gasteiger partial charge in [-0.25, -0.2) is 0 Å². The number of hydrogen-bond donors (Lipinski definition) is 2. The van der Waals surface area contributed by atoms with Gasteiger partial charge in [0.2, 0.25) is 0 Å². The van der Waals surface area contributed by atoms with Crippen LogP contribution in [0.1, 0.15) is 32.1 Å². The minimum atomic E-state index is 0.714. The molecule has 3 nitrogen and oxygen atoms in total. The quantitative estimate of drug-likeness (QED) is 0.605. The lowest BCUT2D eigenvalue weighted by atomic mass is 10.1. The zero-order chi connectivity index (χ0) is 10.1. The number of rotatable bonds is 7. The Balaban J connectivity index is 1.82. The summed E-state index contributed by atoms with van der Waals surface area (Å²) < 4.78 is 5.01. The van der Waals surface area contributed by atoms with E-state index < -0.39 is 0 Å². The van der Waals surface area contributed by atoms with Crippen LogP contribution in [-0.2, 0) is 4.74 Å². The first-order valence-electron chi connectivity index (χ1n) is 5.86. The van der Waals surface area contributed by atoms with Crippen molar-refractivity contribution in [3.8, 4) is 0 Å². The van der Waals surface area contributed by atoms with Gasteiger partial charge in [0, 0.05) is 26.3 Å². The van der Waals surface area contributed by atoms with E-state index in [4.69, 9.17) is 4.74 Å². The number of nitrogens with one attached hydrogen (secondary N) is 2. The van der Waals surface area contributed by atoms with Crippen LogP contribution in [0.15, 0.2) is 0 Å². The van der Waals surface area contributed by atoms with Gasteiger partial charge in [0.1, 0.15) is 0 Å². The summed E-state index contributed by atoms with van der Waals surface area (Å²) in [5.41, 5.74) is 0. The van der Waals surface area contributed by atoms with E-state index in [-0.39, 0.29) is 0 Å². The monoisotopic (exact) mass is 200 g/mol. The van der Waals surface area contributed by atoms with Gasteiger partial charge in [0.15, 0.2) is 0 Å². The zero-order valence-corrected chi connectivity index (χ0v) is 9.35. The van der Waals surface area contributed by atoms with Gasteiger partial charge in [-0.15, -0.1) is 0 Å². The molecule has 1 unspecified atom stereocenters. The molecule has 2 N–H and O–H groups in total. The Hall–Kier alpha value is -0.120. The third-order valence-corrected chi connectivity index (χ3v) is 2.76. The molecule has 0 aromatic carbocycles. The van der Waals surface area contributed by atoms with Crippen molar-refractivity contribution in [2.24, 2.45) is 0 Å². The van der Waals surface area contributed by atoms with E-state index >= 15 is 0 Å². The topological polar surface area (TPSA) is 33.3 Å². The van der Waals surface area contributed by atoms with Crippen LogP contribution in [0.4, 0.5) is 0 Å². The van der Waals surface area contributed by atoms with Crippen molar-refractivity contribution in [1.82, 2.24) is 10.6 Å². The molecule has 0 aromatic rings. The van der Waals surface area contributed by atoms with E-state index in [9.17, 15) is 0 Å². The lowest BCUT2D eigenvalue weighted by Gasteiger charge is -2.23. The molecule has 0 bridgehead atoms. The molecule has 1 rings (SSSR count). The minimum absolute atomic E-state index is 0.714. The van der Waals surface area contributed by atoms with Crippen molar-refractivity contribution >= 4 is 0 Å². The molecule has 14 heavy (non-hydrogen) atoms. The van der Waals surface area contributed by atoms with E-state index in [2.05, 4.69) is 10.6 Å². The largest absolute Gasteiger partial charge is 0.385 e. The predicted molar refractivity (Wildman–Crippen MR) is 59.6 cm³/mol. The number of piperidine rings is 1. The van der Waals surface area contributed by atoms with Crippen molar-refractivity contribution in [2.75, 3.05) is 33.4 Å². The molecule has 0 amide bonds. The van der Waals surface area contributed by atoms with Gasteiger partial charge in [-0.3, -0.25) is 0 Å². The molecule has 1 heterocycles. The Morgan fingerprint density at radius 2 is 2.29 bits per heavy atom. The van der Waals surface area contributed by atoms with Crippen LogP contribution < -0.4 is 10.6 Å². The maximum absolute atomic E-state index is 5.01. The maximum Gasteiger partial charge on any atom is 0.0462 e. The Morgan fingerprint density at radius 3 is 3.00 bits per heavy atom. The van der Waals surface area contributed by atoms with E-state index in [0.29, 0.717) is 6.04 Å². The molecule has 0 spiro atoms. The average molecular weight is 200 g/mol. The van der Waals surface area contributed by atoms with Crippen molar-refractivity contribution < 1.29 is 4.74 Å². The fraction of sp³-hybridized carbons (Fsp3) is 1.00. The van der Waals surface area contributed by atoms with E-state index in [1.807, 2.05) is 0 Å². The lowest BCUT2D eigenvalue weighted by molar-refractivity contribution is 0.192. The van der Waals surface area contributed by atoms with Gasteiger partial charge < -0.3 is 15.4 Å². The number of ether oxygens (including phenoxy) is 1. The SMILES string of the molecule is COCCCCCNC1CCCNC1. The summed E-state index contributed by atoms with van der Waals surface area (Å²) in [5.74, 6) is 0. The maximum atomic E-state index is 5.01.